The van der Waals surface area contributed by atoms with Crippen LogP contribution in [0.5, 0.6) is 0 Å². The van der Waals surface area contributed by atoms with Gasteiger partial charge in [0, 0.05) is 19.1 Å². The number of hydrogen-bond acceptors (Lipinski definition) is 4. The van der Waals surface area contributed by atoms with Crippen molar-refractivity contribution < 1.29 is 8.42 Å². The largest absolute Gasteiger partial charge is 0.307 e. The smallest absolute Gasteiger partial charge is 0.152 e. The molecule has 1 rings (SSSR count). The molecule has 0 saturated carbocycles. The molecule has 0 spiro atoms. The molecule has 96 valence electrons. The first-order valence-electron chi connectivity index (χ1n) is 6.00. The Morgan fingerprint density at radius 3 is 2.31 bits per heavy atom. The number of nitrogens with zero attached hydrogens (tertiary/aromatic N) is 2. The molecule has 1 aliphatic heterocycles. The Morgan fingerprint density at radius 1 is 1.25 bits per heavy atom. The molecule has 1 aliphatic rings. The molecule has 1 unspecified atom stereocenters. The highest BCUT2D eigenvalue weighted by Gasteiger charge is 2.20. The average molecular weight is 248 g/mol. The van der Waals surface area contributed by atoms with Crippen molar-refractivity contribution in [1.82, 2.24) is 9.80 Å². The Bertz CT molecular complexity index is 287. The molecular formula is C11H24N2O2S. The van der Waals surface area contributed by atoms with E-state index < -0.39 is 9.84 Å². The molecular weight excluding hydrogens is 224 g/mol. The van der Waals surface area contributed by atoms with Gasteiger partial charge in [0.1, 0.15) is 0 Å². The molecule has 0 bridgehead atoms. The summed E-state index contributed by atoms with van der Waals surface area (Å²) in [6.45, 7) is 4.70. The first-order valence-corrected chi connectivity index (χ1v) is 7.82. The van der Waals surface area contributed by atoms with Crippen LogP contribution in [0, 0.1) is 0 Å². The molecule has 5 heteroatoms. The fourth-order valence-corrected chi connectivity index (χ4v) is 3.12. The van der Waals surface area contributed by atoms with Gasteiger partial charge in [0.15, 0.2) is 9.84 Å². The quantitative estimate of drug-likeness (QED) is 0.708. The Morgan fingerprint density at radius 2 is 1.81 bits per heavy atom. The zero-order valence-corrected chi connectivity index (χ0v) is 11.5. The van der Waals surface area contributed by atoms with Crippen molar-refractivity contribution >= 4 is 9.84 Å². The van der Waals surface area contributed by atoms with E-state index >= 15 is 0 Å². The third-order valence-corrected chi connectivity index (χ3v) is 5.02. The molecule has 0 N–H and O–H groups in total. The van der Waals surface area contributed by atoms with Crippen LogP contribution in [0.2, 0.25) is 0 Å². The fraction of sp³-hybridized carbons (Fsp3) is 1.00. The SMILES string of the molecule is CC(CCCN1CCS(=O)(=O)CC1)N(C)C. The van der Waals surface area contributed by atoms with Crippen LogP contribution >= 0.6 is 0 Å². The summed E-state index contributed by atoms with van der Waals surface area (Å²) in [5, 5.41) is 0. The van der Waals surface area contributed by atoms with Crippen LogP contribution in [-0.4, -0.2) is 69.5 Å². The zero-order chi connectivity index (χ0) is 12.2. The van der Waals surface area contributed by atoms with Crippen molar-refractivity contribution in [1.29, 1.82) is 0 Å². The third-order valence-electron chi connectivity index (χ3n) is 3.41. The summed E-state index contributed by atoms with van der Waals surface area (Å²) in [5.74, 6) is 0.687. The summed E-state index contributed by atoms with van der Waals surface area (Å²) >= 11 is 0. The molecule has 16 heavy (non-hydrogen) atoms. The van der Waals surface area contributed by atoms with E-state index in [1.165, 1.54) is 6.42 Å². The standard InChI is InChI=1S/C11H24N2O2S/c1-11(12(2)3)5-4-6-13-7-9-16(14,15)10-8-13/h11H,4-10H2,1-3H3. The number of rotatable bonds is 5. The minimum atomic E-state index is -2.72. The molecule has 0 amide bonds. The molecule has 0 radical (unpaired) electrons. The molecule has 1 saturated heterocycles. The highest BCUT2D eigenvalue weighted by Crippen LogP contribution is 2.07. The third kappa shape index (κ3) is 4.80. The van der Waals surface area contributed by atoms with Gasteiger partial charge in [-0.15, -0.1) is 0 Å². The zero-order valence-electron chi connectivity index (χ0n) is 10.6. The van der Waals surface area contributed by atoms with E-state index in [4.69, 9.17) is 0 Å². The maximum Gasteiger partial charge on any atom is 0.152 e. The van der Waals surface area contributed by atoms with Gasteiger partial charge in [-0.25, -0.2) is 8.42 Å². The van der Waals surface area contributed by atoms with Crippen molar-refractivity contribution in [3.8, 4) is 0 Å². The highest BCUT2D eigenvalue weighted by molar-refractivity contribution is 7.91. The summed E-state index contributed by atoms with van der Waals surface area (Å²) in [6.07, 6.45) is 2.33. The summed E-state index contributed by atoms with van der Waals surface area (Å²) < 4.78 is 22.5. The van der Waals surface area contributed by atoms with Crippen LogP contribution in [0.15, 0.2) is 0 Å². The van der Waals surface area contributed by atoms with Gasteiger partial charge >= 0.3 is 0 Å². The van der Waals surface area contributed by atoms with E-state index in [2.05, 4.69) is 30.8 Å². The van der Waals surface area contributed by atoms with Gasteiger partial charge in [-0.05, 0) is 40.4 Å². The normalized spacial score (nSPS) is 23.5. The Balaban J connectivity index is 2.16. The predicted octanol–water partition coefficient (Wildman–Crippen LogP) is 0.447. The lowest BCUT2D eigenvalue weighted by molar-refractivity contribution is 0.253. The molecule has 0 aromatic heterocycles. The lowest BCUT2D eigenvalue weighted by Gasteiger charge is -2.27. The van der Waals surface area contributed by atoms with Gasteiger partial charge in [0.2, 0.25) is 0 Å². The molecule has 4 nitrogen and oxygen atoms in total. The lowest BCUT2D eigenvalue weighted by Crippen LogP contribution is -2.41. The lowest BCUT2D eigenvalue weighted by atomic mass is 10.1. The Hall–Kier alpha value is -0.130. The van der Waals surface area contributed by atoms with Gasteiger partial charge in [-0.1, -0.05) is 0 Å². The second-order valence-corrected chi connectivity index (χ2v) is 7.25. The van der Waals surface area contributed by atoms with E-state index in [0.29, 0.717) is 17.5 Å². The van der Waals surface area contributed by atoms with Crippen molar-refractivity contribution in [3.63, 3.8) is 0 Å². The molecule has 0 aromatic rings. The van der Waals surface area contributed by atoms with Crippen LogP contribution < -0.4 is 0 Å². The van der Waals surface area contributed by atoms with Crippen LogP contribution in [0.1, 0.15) is 19.8 Å². The summed E-state index contributed by atoms with van der Waals surface area (Å²) in [6, 6.07) is 0.605. The molecule has 1 heterocycles. The van der Waals surface area contributed by atoms with Crippen LogP contribution in [0.4, 0.5) is 0 Å². The van der Waals surface area contributed by atoms with Crippen molar-refractivity contribution in [2.45, 2.75) is 25.8 Å². The minimum absolute atomic E-state index is 0.343. The van der Waals surface area contributed by atoms with Crippen LogP contribution in [0.3, 0.4) is 0 Å². The van der Waals surface area contributed by atoms with Gasteiger partial charge in [0.25, 0.3) is 0 Å². The van der Waals surface area contributed by atoms with Crippen molar-refractivity contribution in [3.05, 3.63) is 0 Å². The van der Waals surface area contributed by atoms with E-state index in [-0.39, 0.29) is 0 Å². The van der Waals surface area contributed by atoms with Gasteiger partial charge in [0.05, 0.1) is 11.5 Å². The second-order valence-electron chi connectivity index (χ2n) is 4.95. The van der Waals surface area contributed by atoms with Crippen LogP contribution in [-0.2, 0) is 9.84 Å². The van der Waals surface area contributed by atoms with Gasteiger partial charge in [-0.3, -0.25) is 0 Å². The van der Waals surface area contributed by atoms with Crippen molar-refractivity contribution in [2.24, 2.45) is 0 Å². The molecule has 0 aromatic carbocycles. The van der Waals surface area contributed by atoms with Crippen molar-refractivity contribution in [2.75, 3.05) is 45.2 Å². The topological polar surface area (TPSA) is 40.6 Å². The van der Waals surface area contributed by atoms with E-state index in [9.17, 15) is 8.42 Å². The summed E-state index contributed by atoms with van der Waals surface area (Å²) in [7, 11) is 1.47. The second kappa shape index (κ2) is 5.98. The first kappa shape index (κ1) is 13.9. The van der Waals surface area contributed by atoms with Crippen LogP contribution in [0.25, 0.3) is 0 Å². The van der Waals surface area contributed by atoms with Gasteiger partial charge < -0.3 is 9.80 Å². The Labute approximate surface area is 99.5 Å². The maximum absolute atomic E-state index is 11.2. The monoisotopic (exact) mass is 248 g/mol. The first-order chi connectivity index (χ1) is 7.41. The highest BCUT2D eigenvalue weighted by atomic mass is 32.2. The van der Waals surface area contributed by atoms with Gasteiger partial charge in [-0.2, -0.15) is 0 Å². The number of sulfone groups is 1. The molecule has 0 aliphatic carbocycles. The average Bonchev–Trinajstić information content (AvgIpc) is 2.20. The van der Waals surface area contributed by atoms with E-state index in [1.807, 2.05) is 0 Å². The summed E-state index contributed by atoms with van der Waals surface area (Å²) in [5.41, 5.74) is 0. The predicted molar refractivity (Wildman–Crippen MR) is 67.5 cm³/mol. The fourth-order valence-electron chi connectivity index (χ4n) is 1.84. The number of hydrogen-bond donors (Lipinski definition) is 0. The molecule has 1 atom stereocenters. The van der Waals surface area contributed by atoms with E-state index in [1.54, 1.807) is 0 Å². The maximum atomic E-state index is 11.2. The molecule has 1 fully saturated rings. The summed E-state index contributed by atoms with van der Waals surface area (Å²) in [4.78, 5) is 4.49. The van der Waals surface area contributed by atoms with E-state index in [0.717, 1.165) is 26.1 Å². The minimum Gasteiger partial charge on any atom is -0.307 e. The Kier molecular flexibility index (Phi) is 5.21.